The minimum absolute atomic E-state index is 0.734. The number of aromatic amines is 1. The van der Waals surface area contributed by atoms with Crippen molar-refractivity contribution in [1.29, 1.82) is 0 Å². The predicted octanol–water partition coefficient (Wildman–Crippen LogP) is 6.00. The monoisotopic (exact) mass is 320 g/mol. The molecule has 0 saturated heterocycles. The van der Waals surface area contributed by atoms with Crippen molar-refractivity contribution in [2.45, 2.75) is 38.8 Å². The lowest BCUT2D eigenvalue weighted by Crippen LogP contribution is -1.81. The molecule has 1 N–H and O–H groups in total. The Labute approximate surface area is 135 Å². The van der Waals surface area contributed by atoms with E-state index in [0.29, 0.717) is 0 Å². The van der Waals surface area contributed by atoms with E-state index >= 15 is 0 Å². The molecule has 0 amide bonds. The maximum atomic E-state index is 5.98. The van der Waals surface area contributed by atoms with E-state index in [1.54, 1.807) is 11.8 Å². The molecule has 0 saturated carbocycles. The lowest BCUT2D eigenvalue weighted by molar-refractivity contribution is 0.964. The molecular weight excluding hydrogens is 300 g/mol. The summed E-state index contributed by atoms with van der Waals surface area (Å²) in [7, 11) is 0. The zero-order valence-corrected chi connectivity index (χ0v) is 14.3. The largest absolute Gasteiger partial charge is 0.333 e. The van der Waals surface area contributed by atoms with Crippen LogP contribution in [0.25, 0.3) is 11.0 Å². The summed E-state index contributed by atoms with van der Waals surface area (Å²) in [5, 5.41) is 1.68. The maximum Gasteiger partial charge on any atom is 0.166 e. The summed E-state index contributed by atoms with van der Waals surface area (Å²) in [6, 6.07) is 5.72. The van der Waals surface area contributed by atoms with Crippen LogP contribution in [0.4, 0.5) is 0 Å². The molecule has 1 aromatic carbocycles. The second kappa shape index (κ2) is 7.71. The second-order valence-electron chi connectivity index (χ2n) is 5.39. The van der Waals surface area contributed by atoms with Gasteiger partial charge in [0, 0.05) is 10.8 Å². The number of hydrogen-bond donors (Lipinski definition) is 1. The Kier molecular flexibility index (Phi) is 5.95. The Bertz CT molecular complexity index is 666. The molecule has 2 rings (SSSR count). The first kappa shape index (κ1) is 16.2. The van der Waals surface area contributed by atoms with E-state index in [1.165, 1.54) is 11.1 Å². The van der Waals surface area contributed by atoms with E-state index < -0.39 is 0 Å². The summed E-state index contributed by atoms with van der Waals surface area (Å²) in [4.78, 5) is 7.84. The fraction of sp³-hybridized carbons (Fsp3) is 0.353. The molecule has 0 atom stereocenters. The summed E-state index contributed by atoms with van der Waals surface area (Å²) in [5.41, 5.74) is 4.78. The van der Waals surface area contributed by atoms with Crippen molar-refractivity contribution < 1.29 is 0 Å². The average Bonchev–Trinajstić information content (AvgIpc) is 2.80. The fourth-order valence-electron chi connectivity index (χ4n) is 1.98. The lowest BCUT2D eigenvalue weighted by atomic mass is 10.1. The van der Waals surface area contributed by atoms with Crippen molar-refractivity contribution in [3.8, 4) is 0 Å². The highest BCUT2D eigenvalue weighted by Gasteiger charge is 2.03. The minimum Gasteiger partial charge on any atom is -0.333 e. The van der Waals surface area contributed by atoms with Crippen molar-refractivity contribution in [2.75, 3.05) is 5.75 Å². The van der Waals surface area contributed by atoms with Gasteiger partial charge in [-0.15, -0.1) is 0 Å². The van der Waals surface area contributed by atoms with E-state index in [1.807, 2.05) is 18.2 Å². The smallest absolute Gasteiger partial charge is 0.166 e. The van der Waals surface area contributed by atoms with E-state index in [-0.39, 0.29) is 0 Å². The highest BCUT2D eigenvalue weighted by atomic mass is 35.5. The molecule has 1 heterocycles. The van der Waals surface area contributed by atoms with Gasteiger partial charge < -0.3 is 4.98 Å². The number of imidazole rings is 1. The van der Waals surface area contributed by atoms with Crippen molar-refractivity contribution in [2.24, 2.45) is 0 Å². The maximum absolute atomic E-state index is 5.98. The number of thioether (sulfide) groups is 1. The zero-order valence-electron chi connectivity index (χ0n) is 12.7. The SMILES string of the molecule is CC(C)=CCCC(C)=CCSc1nc2ccc(Cl)cc2[nH]1. The number of fused-ring (bicyclic) bond motifs is 1. The molecule has 1 aromatic heterocycles. The van der Waals surface area contributed by atoms with Crippen LogP contribution in [0.1, 0.15) is 33.6 Å². The molecule has 0 bridgehead atoms. The van der Waals surface area contributed by atoms with Gasteiger partial charge in [-0.05, 0) is 51.8 Å². The number of nitrogens with one attached hydrogen (secondary N) is 1. The van der Waals surface area contributed by atoms with Crippen molar-refractivity contribution >= 4 is 34.4 Å². The Balaban J connectivity index is 1.88. The van der Waals surface area contributed by atoms with Gasteiger partial charge in [0.1, 0.15) is 0 Å². The first-order valence-electron chi connectivity index (χ1n) is 7.11. The Hall–Kier alpha value is -1.19. The van der Waals surface area contributed by atoms with Gasteiger partial charge in [0.2, 0.25) is 0 Å². The first-order valence-corrected chi connectivity index (χ1v) is 8.48. The molecule has 2 nitrogen and oxygen atoms in total. The number of H-pyrrole nitrogens is 1. The predicted molar refractivity (Wildman–Crippen MR) is 94.2 cm³/mol. The third kappa shape index (κ3) is 5.25. The van der Waals surface area contributed by atoms with Gasteiger partial charge in [-0.2, -0.15) is 0 Å². The summed E-state index contributed by atoms with van der Waals surface area (Å²) in [5.74, 6) is 0.939. The number of halogens is 1. The molecule has 0 fully saturated rings. The Morgan fingerprint density at radius 3 is 2.86 bits per heavy atom. The van der Waals surface area contributed by atoms with Crippen LogP contribution in [0, 0.1) is 0 Å². The molecule has 0 aliphatic rings. The average molecular weight is 321 g/mol. The van der Waals surface area contributed by atoms with Crippen molar-refractivity contribution in [3.63, 3.8) is 0 Å². The zero-order chi connectivity index (χ0) is 15.2. The number of allylic oxidation sites excluding steroid dienone is 3. The van der Waals surface area contributed by atoms with Gasteiger partial charge in [0.05, 0.1) is 11.0 Å². The third-order valence-electron chi connectivity index (χ3n) is 3.17. The standard InChI is InChI=1S/C17H21ClN2S/c1-12(2)5-4-6-13(3)9-10-21-17-19-15-8-7-14(18)11-16(15)20-17/h5,7-9,11H,4,6,10H2,1-3H3,(H,19,20). The molecule has 0 spiro atoms. The van der Waals surface area contributed by atoms with Gasteiger partial charge in [0.15, 0.2) is 5.16 Å². The Morgan fingerprint density at radius 1 is 1.29 bits per heavy atom. The van der Waals surface area contributed by atoms with Crippen LogP contribution < -0.4 is 0 Å². The van der Waals surface area contributed by atoms with E-state index in [4.69, 9.17) is 11.6 Å². The van der Waals surface area contributed by atoms with E-state index in [2.05, 4.69) is 42.9 Å². The van der Waals surface area contributed by atoms with Crippen LogP contribution >= 0.6 is 23.4 Å². The highest BCUT2D eigenvalue weighted by molar-refractivity contribution is 7.99. The van der Waals surface area contributed by atoms with Gasteiger partial charge in [-0.25, -0.2) is 4.98 Å². The summed E-state index contributed by atoms with van der Waals surface area (Å²) < 4.78 is 0. The highest BCUT2D eigenvalue weighted by Crippen LogP contribution is 2.22. The number of hydrogen-bond acceptors (Lipinski definition) is 2. The molecule has 0 aliphatic carbocycles. The summed E-state index contributed by atoms with van der Waals surface area (Å²) in [6.45, 7) is 6.48. The topological polar surface area (TPSA) is 28.7 Å². The van der Waals surface area contributed by atoms with Gasteiger partial charge in [0.25, 0.3) is 0 Å². The lowest BCUT2D eigenvalue weighted by Gasteiger charge is -1.98. The second-order valence-corrected chi connectivity index (χ2v) is 6.83. The van der Waals surface area contributed by atoms with Crippen molar-refractivity contribution in [1.82, 2.24) is 9.97 Å². The molecule has 2 aromatic rings. The van der Waals surface area contributed by atoms with Gasteiger partial charge in [-0.3, -0.25) is 0 Å². The van der Waals surface area contributed by atoms with Crippen LogP contribution in [-0.4, -0.2) is 15.7 Å². The number of benzene rings is 1. The first-order chi connectivity index (χ1) is 10.0. The third-order valence-corrected chi connectivity index (χ3v) is 4.20. The van der Waals surface area contributed by atoms with E-state index in [9.17, 15) is 0 Å². The fourth-order valence-corrected chi connectivity index (χ4v) is 3.02. The molecule has 112 valence electrons. The van der Waals surface area contributed by atoms with Crippen LogP contribution in [0.5, 0.6) is 0 Å². The number of rotatable bonds is 6. The minimum atomic E-state index is 0.734. The molecule has 21 heavy (non-hydrogen) atoms. The molecule has 0 aliphatic heterocycles. The molecule has 4 heteroatoms. The van der Waals surface area contributed by atoms with Gasteiger partial charge in [-0.1, -0.05) is 46.7 Å². The molecule has 0 radical (unpaired) electrons. The Morgan fingerprint density at radius 2 is 2.10 bits per heavy atom. The van der Waals surface area contributed by atoms with Crippen LogP contribution in [-0.2, 0) is 0 Å². The quantitative estimate of drug-likeness (QED) is 0.522. The number of aromatic nitrogens is 2. The van der Waals surface area contributed by atoms with Crippen LogP contribution in [0.3, 0.4) is 0 Å². The van der Waals surface area contributed by atoms with Crippen LogP contribution in [0.2, 0.25) is 5.02 Å². The summed E-state index contributed by atoms with van der Waals surface area (Å²) >= 11 is 7.69. The van der Waals surface area contributed by atoms with Gasteiger partial charge >= 0.3 is 0 Å². The van der Waals surface area contributed by atoms with Crippen LogP contribution in [0.15, 0.2) is 46.7 Å². The number of nitrogens with zero attached hydrogens (tertiary/aromatic N) is 1. The summed E-state index contributed by atoms with van der Waals surface area (Å²) in [6.07, 6.45) is 6.82. The molecule has 0 unspecified atom stereocenters. The normalized spacial score (nSPS) is 11.9. The van der Waals surface area contributed by atoms with Crippen molar-refractivity contribution in [3.05, 3.63) is 46.5 Å². The molecular formula is C17H21ClN2S. The van der Waals surface area contributed by atoms with E-state index in [0.717, 1.165) is 39.8 Å².